The highest BCUT2D eigenvalue weighted by Gasteiger charge is 2.20. The van der Waals surface area contributed by atoms with E-state index in [1.807, 2.05) is 43.3 Å². The third-order valence-electron chi connectivity index (χ3n) is 7.93. The van der Waals surface area contributed by atoms with Gasteiger partial charge in [0.1, 0.15) is 5.82 Å². The van der Waals surface area contributed by atoms with Crippen LogP contribution in [0.2, 0.25) is 0 Å². The average Bonchev–Trinajstić information content (AvgIpc) is 2.92. The second-order valence-corrected chi connectivity index (χ2v) is 10.6. The summed E-state index contributed by atoms with van der Waals surface area (Å²) in [6.45, 7) is 4.30. The minimum Gasteiger partial charge on any atom is -0.206 e. The molecule has 1 heteroatoms. The molecule has 1 saturated carbocycles. The zero-order valence-corrected chi connectivity index (χ0v) is 22.2. The van der Waals surface area contributed by atoms with Crippen molar-refractivity contribution in [3.05, 3.63) is 94.8 Å². The van der Waals surface area contributed by atoms with Gasteiger partial charge in [0.25, 0.3) is 0 Å². The minimum absolute atomic E-state index is 0.100. The zero-order valence-electron chi connectivity index (χ0n) is 22.2. The number of allylic oxidation sites excluding steroid dienone is 2. The molecule has 0 saturated heterocycles. The summed E-state index contributed by atoms with van der Waals surface area (Å²) in [6.07, 6.45) is 18.1. The van der Waals surface area contributed by atoms with E-state index >= 15 is 0 Å². The SMILES string of the molecule is C/C=C/CCc1ccc2cc(C#Cc3ccc(CCC4CCC(CCCC)CC4)cc3)ccc2c1F. The van der Waals surface area contributed by atoms with Gasteiger partial charge in [0.2, 0.25) is 0 Å². The minimum atomic E-state index is -0.100. The van der Waals surface area contributed by atoms with Crippen LogP contribution in [0.4, 0.5) is 4.39 Å². The Hall–Kier alpha value is -2.85. The molecule has 0 aromatic heterocycles. The summed E-state index contributed by atoms with van der Waals surface area (Å²) < 4.78 is 14.9. The van der Waals surface area contributed by atoms with Gasteiger partial charge in [-0.3, -0.25) is 0 Å². The Kier molecular flexibility index (Phi) is 9.80. The van der Waals surface area contributed by atoms with Crippen molar-refractivity contribution >= 4 is 10.8 Å². The van der Waals surface area contributed by atoms with E-state index in [2.05, 4.69) is 49.1 Å². The molecule has 0 bridgehead atoms. The molecular weight excluding hydrogens is 439 g/mol. The smallest absolute Gasteiger partial charge is 0.134 e. The van der Waals surface area contributed by atoms with Gasteiger partial charge < -0.3 is 0 Å². The lowest BCUT2D eigenvalue weighted by molar-refractivity contribution is 0.250. The molecule has 1 aliphatic carbocycles. The fraction of sp³-hybridized carbons (Fsp3) is 0.429. The molecule has 36 heavy (non-hydrogen) atoms. The van der Waals surface area contributed by atoms with E-state index in [-0.39, 0.29) is 5.82 Å². The first-order valence-electron chi connectivity index (χ1n) is 14.1. The predicted molar refractivity (Wildman–Crippen MR) is 153 cm³/mol. The van der Waals surface area contributed by atoms with E-state index in [0.717, 1.165) is 46.8 Å². The molecule has 1 fully saturated rings. The van der Waals surface area contributed by atoms with Crippen LogP contribution in [-0.4, -0.2) is 0 Å². The molecule has 0 amide bonds. The standard InChI is InChI=1S/C35H41F/c1-3-5-7-9-32-23-24-33-26-31(22-25-34(33)35(32)36)21-20-30-18-16-29(17-19-30)15-14-28-12-10-27(11-13-28)8-6-4-2/h3,5,16-19,22-28H,4,6-15H2,1-2H3/b5-3+. The number of hydrogen-bond donors (Lipinski definition) is 0. The van der Waals surface area contributed by atoms with Crippen molar-refractivity contribution < 1.29 is 4.39 Å². The van der Waals surface area contributed by atoms with Crippen molar-refractivity contribution in [2.45, 2.75) is 84.5 Å². The van der Waals surface area contributed by atoms with Gasteiger partial charge in [-0.1, -0.05) is 106 Å². The topological polar surface area (TPSA) is 0 Å². The summed E-state index contributed by atoms with van der Waals surface area (Å²) in [6, 6.07) is 18.5. The van der Waals surface area contributed by atoms with Crippen molar-refractivity contribution in [1.29, 1.82) is 0 Å². The summed E-state index contributed by atoms with van der Waals surface area (Å²) in [4.78, 5) is 0. The van der Waals surface area contributed by atoms with Crippen LogP contribution in [-0.2, 0) is 12.8 Å². The summed E-state index contributed by atoms with van der Waals surface area (Å²) in [5.41, 5.74) is 4.14. The van der Waals surface area contributed by atoms with Crippen molar-refractivity contribution in [3.8, 4) is 11.8 Å². The summed E-state index contributed by atoms with van der Waals surface area (Å²) in [5.74, 6) is 8.36. The van der Waals surface area contributed by atoms with Crippen LogP contribution in [0.3, 0.4) is 0 Å². The van der Waals surface area contributed by atoms with Crippen LogP contribution >= 0.6 is 0 Å². The second kappa shape index (κ2) is 13.5. The van der Waals surface area contributed by atoms with Crippen molar-refractivity contribution in [3.63, 3.8) is 0 Å². The van der Waals surface area contributed by atoms with E-state index in [0.29, 0.717) is 5.39 Å². The maximum Gasteiger partial charge on any atom is 0.134 e. The monoisotopic (exact) mass is 480 g/mol. The van der Waals surface area contributed by atoms with E-state index in [9.17, 15) is 4.39 Å². The Bertz CT molecular complexity index is 1200. The normalized spacial score (nSPS) is 17.9. The lowest BCUT2D eigenvalue weighted by Crippen LogP contribution is -2.15. The first-order chi connectivity index (χ1) is 17.7. The van der Waals surface area contributed by atoms with Crippen LogP contribution in [0.25, 0.3) is 10.8 Å². The summed E-state index contributed by atoms with van der Waals surface area (Å²) in [7, 11) is 0. The van der Waals surface area contributed by atoms with Crippen molar-refractivity contribution in [2.24, 2.45) is 11.8 Å². The second-order valence-electron chi connectivity index (χ2n) is 10.6. The number of fused-ring (bicyclic) bond motifs is 1. The fourth-order valence-electron chi connectivity index (χ4n) is 5.58. The molecular formula is C35H41F. The van der Waals surface area contributed by atoms with Gasteiger partial charge in [-0.2, -0.15) is 0 Å². The quantitative estimate of drug-likeness (QED) is 0.211. The van der Waals surface area contributed by atoms with Gasteiger partial charge in [0.05, 0.1) is 0 Å². The fourth-order valence-corrected chi connectivity index (χ4v) is 5.58. The van der Waals surface area contributed by atoms with Crippen LogP contribution in [0.15, 0.2) is 66.7 Å². The lowest BCUT2D eigenvalue weighted by atomic mass is 9.78. The van der Waals surface area contributed by atoms with Crippen LogP contribution in [0.5, 0.6) is 0 Å². The molecule has 0 atom stereocenters. The van der Waals surface area contributed by atoms with Crippen molar-refractivity contribution in [1.82, 2.24) is 0 Å². The van der Waals surface area contributed by atoms with Gasteiger partial charge in [0, 0.05) is 16.5 Å². The van der Waals surface area contributed by atoms with E-state index in [1.54, 1.807) is 0 Å². The molecule has 3 aromatic carbocycles. The van der Waals surface area contributed by atoms with Gasteiger partial charge in [-0.05, 0) is 85.2 Å². The van der Waals surface area contributed by atoms with Gasteiger partial charge in [-0.25, -0.2) is 4.39 Å². The molecule has 0 unspecified atom stereocenters. The molecule has 0 heterocycles. The number of rotatable bonds is 9. The lowest BCUT2D eigenvalue weighted by Gasteiger charge is -2.28. The van der Waals surface area contributed by atoms with E-state index in [4.69, 9.17) is 0 Å². The number of aryl methyl sites for hydroxylation is 2. The molecule has 3 aromatic rings. The summed E-state index contributed by atoms with van der Waals surface area (Å²) in [5, 5.41) is 1.58. The first-order valence-corrected chi connectivity index (χ1v) is 14.1. The zero-order chi connectivity index (χ0) is 25.2. The Morgan fingerprint density at radius 3 is 2.25 bits per heavy atom. The average molecular weight is 481 g/mol. The number of benzene rings is 3. The molecule has 0 N–H and O–H groups in total. The number of halogens is 1. The third-order valence-corrected chi connectivity index (χ3v) is 7.93. The maximum absolute atomic E-state index is 14.9. The molecule has 1 aliphatic rings. The van der Waals surface area contributed by atoms with E-state index in [1.165, 1.54) is 63.4 Å². The summed E-state index contributed by atoms with van der Waals surface area (Å²) >= 11 is 0. The van der Waals surface area contributed by atoms with Crippen LogP contribution in [0, 0.1) is 29.5 Å². The molecule has 0 spiro atoms. The Morgan fingerprint density at radius 1 is 0.833 bits per heavy atom. The van der Waals surface area contributed by atoms with Crippen LogP contribution in [0.1, 0.15) is 93.9 Å². The highest BCUT2D eigenvalue weighted by atomic mass is 19.1. The highest BCUT2D eigenvalue weighted by Crippen LogP contribution is 2.34. The predicted octanol–water partition coefficient (Wildman–Crippen LogP) is 9.82. The van der Waals surface area contributed by atoms with Gasteiger partial charge in [-0.15, -0.1) is 0 Å². The Morgan fingerprint density at radius 2 is 1.53 bits per heavy atom. The first kappa shape index (κ1) is 26.2. The maximum atomic E-state index is 14.9. The van der Waals surface area contributed by atoms with E-state index < -0.39 is 0 Å². The van der Waals surface area contributed by atoms with Gasteiger partial charge in [0.15, 0.2) is 0 Å². The Labute approximate surface area is 218 Å². The molecule has 0 aliphatic heterocycles. The Balaban J connectivity index is 1.31. The third kappa shape index (κ3) is 7.33. The molecule has 0 nitrogen and oxygen atoms in total. The highest BCUT2D eigenvalue weighted by molar-refractivity contribution is 5.85. The number of unbranched alkanes of at least 4 members (excludes halogenated alkanes) is 1. The molecule has 0 radical (unpaired) electrons. The van der Waals surface area contributed by atoms with Gasteiger partial charge >= 0.3 is 0 Å². The molecule has 4 rings (SSSR count). The largest absolute Gasteiger partial charge is 0.206 e. The van der Waals surface area contributed by atoms with Crippen molar-refractivity contribution in [2.75, 3.05) is 0 Å². The van der Waals surface area contributed by atoms with Crippen LogP contribution < -0.4 is 0 Å². The molecule has 188 valence electrons. The number of hydrogen-bond acceptors (Lipinski definition) is 0.